The lowest BCUT2D eigenvalue weighted by Crippen LogP contribution is -2.63. The van der Waals surface area contributed by atoms with Gasteiger partial charge < -0.3 is 14.6 Å². The molecule has 0 saturated carbocycles. The van der Waals surface area contributed by atoms with Crippen LogP contribution in [0.1, 0.15) is 30.0 Å². The van der Waals surface area contributed by atoms with E-state index in [9.17, 15) is 9.59 Å². The van der Waals surface area contributed by atoms with Gasteiger partial charge >= 0.3 is 0 Å². The lowest BCUT2D eigenvalue weighted by molar-refractivity contribution is -0.133. The van der Waals surface area contributed by atoms with Crippen LogP contribution < -0.4 is 5.32 Å². The van der Waals surface area contributed by atoms with Gasteiger partial charge in [-0.1, -0.05) is 11.6 Å². The van der Waals surface area contributed by atoms with E-state index in [0.717, 1.165) is 10.9 Å². The Morgan fingerprint density at radius 3 is 2.86 bits per heavy atom. The molecule has 1 aromatic heterocycles. The molecule has 1 N–H and O–H groups in total. The maximum absolute atomic E-state index is 12.7. The fourth-order valence-corrected chi connectivity index (χ4v) is 2.66. The van der Waals surface area contributed by atoms with Gasteiger partial charge in [-0.15, -0.1) is 0 Å². The zero-order valence-corrected chi connectivity index (χ0v) is 12.4. The zero-order valence-electron chi connectivity index (χ0n) is 12.4. The zero-order chi connectivity index (χ0) is 15.2. The first-order chi connectivity index (χ1) is 9.89. The van der Waals surface area contributed by atoms with Crippen LogP contribution in [0.5, 0.6) is 0 Å². The molecule has 2 heterocycles. The molecule has 1 saturated heterocycles. The normalized spacial score (nSPS) is 17.9. The van der Waals surface area contributed by atoms with Gasteiger partial charge in [0.25, 0.3) is 5.91 Å². The van der Waals surface area contributed by atoms with Crippen molar-refractivity contribution in [1.82, 2.24) is 10.2 Å². The highest BCUT2D eigenvalue weighted by atomic mass is 16.3. The minimum Gasteiger partial charge on any atom is -0.451 e. The number of piperazine rings is 1. The number of carbonyl (C=O) groups excluding carboxylic acids is 2. The standard InChI is InChI=1S/C16H18N2O3/c1-10-4-5-12-11(8-10)9-13(21-12)14(19)18-7-6-17-15(20)16(18,2)3/h4-5,8-9H,6-7H2,1-3H3,(H,17,20). The second kappa shape index (κ2) is 4.62. The fourth-order valence-electron chi connectivity index (χ4n) is 2.66. The molecule has 2 amide bonds. The van der Waals surface area contributed by atoms with E-state index in [0.29, 0.717) is 18.7 Å². The number of amides is 2. The van der Waals surface area contributed by atoms with Gasteiger partial charge in [0.15, 0.2) is 5.76 Å². The van der Waals surface area contributed by atoms with E-state index >= 15 is 0 Å². The van der Waals surface area contributed by atoms with Crippen LogP contribution in [0.3, 0.4) is 0 Å². The van der Waals surface area contributed by atoms with Gasteiger partial charge in [0, 0.05) is 18.5 Å². The Kier molecular flexibility index (Phi) is 3.01. The van der Waals surface area contributed by atoms with Crippen LogP contribution in [0.2, 0.25) is 0 Å². The molecule has 21 heavy (non-hydrogen) atoms. The minimum atomic E-state index is -0.871. The van der Waals surface area contributed by atoms with E-state index in [1.807, 2.05) is 25.1 Å². The summed E-state index contributed by atoms with van der Waals surface area (Å²) in [7, 11) is 0. The van der Waals surface area contributed by atoms with E-state index in [1.54, 1.807) is 24.8 Å². The van der Waals surface area contributed by atoms with Gasteiger partial charge in [-0.3, -0.25) is 9.59 Å². The van der Waals surface area contributed by atoms with E-state index in [4.69, 9.17) is 4.42 Å². The van der Waals surface area contributed by atoms with E-state index < -0.39 is 5.54 Å². The van der Waals surface area contributed by atoms with Crippen LogP contribution >= 0.6 is 0 Å². The highest BCUT2D eigenvalue weighted by Gasteiger charge is 2.41. The summed E-state index contributed by atoms with van der Waals surface area (Å²) >= 11 is 0. The quantitative estimate of drug-likeness (QED) is 0.873. The Morgan fingerprint density at radius 2 is 2.10 bits per heavy atom. The van der Waals surface area contributed by atoms with Crippen molar-refractivity contribution >= 4 is 22.8 Å². The van der Waals surface area contributed by atoms with Gasteiger partial charge in [-0.2, -0.15) is 0 Å². The molecule has 1 aliphatic rings. The van der Waals surface area contributed by atoms with Crippen molar-refractivity contribution in [3.8, 4) is 0 Å². The second-order valence-electron chi connectivity index (χ2n) is 5.92. The smallest absolute Gasteiger partial charge is 0.290 e. The average molecular weight is 286 g/mol. The number of carbonyl (C=O) groups is 2. The summed E-state index contributed by atoms with van der Waals surface area (Å²) in [6.45, 7) is 6.42. The molecule has 0 unspecified atom stereocenters. The molecule has 2 aromatic rings. The molecule has 0 bridgehead atoms. The molecule has 0 atom stereocenters. The van der Waals surface area contributed by atoms with E-state index in [-0.39, 0.29) is 17.6 Å². The van der Waals surface area contributed by atoms with Gasteiger partial charge in [-0.25, -0.2) is 0 Å². The molecule has 0 aliphatic carbocycles. The topological polar surface area (TPSA) is 62.6 Å². The predicted molar refractivity (Wildman–Crippen MR) is 79.1 cm³/mol. The Hall–Kier alpha value is -2.30. The van der Waals surface area contributed by atoms with Crippen LogP contribution in [-0.4, -0.2) is 35.3 Å². The number of hydrogen-bond donors (Lipinski definition) is 1. The van der Waals surface area contributed by atoms with Crippen molar-refractivity contribution in [3.05, 3.63) is 35.6 Å². The number of nitrogens with one attached hydrogen (secondary N) is 1. The number of hydrogen-bond acceptors (Lipinski definition) is 3. The maximum atomic E-state index is 12.7. The molecule has 1 aliphatic heterocycles. The Labute approximate surface area is 122 Å². The lowest BCUT2D eigenvalue weighted by Gasteiger charge is -2.40. The van der Waals surface area contributed by atoms with E-state index in [1.165, 1.54) is 0 Å². The predicted octanol–water partition coefficient (Wildman–Crippen LogP) is 2.09. The van der Waals surface area contributed by atoms with Crippen molar-refractivity contribution in [1.29, 1.82) is 0 Å². The van der Waals surface area contributed by atoms with Crippen molar-refractivity contribution in [2.24, 2.45) is 0 Å². The van der Waals surface area contributed by atoms with Crippen LogP contribution in [-0.2, 0) is 4.79 Å². The number of nitrogens with zero attached hydrogens (tertiary/aromatic N) is 1. The van der Waals surface area contributed by atoms with E-state index in [2.05, 4.69) is 5.32 Å². The number of benzene rings is 1. The molecule has 1 fully saturated rings. The first-order valence-corrected chi connectivity index (χ1v) is 7.00. The van der Waals surface area contributed by atoms with Gasteiger partial charge in [0.05, 0.1) is 0 Å². The fraction of sp³-hybridized carbons (Fsp3) is 0.375. The molecular weight excluding hydrogens is 268 g/mol. The minimum absolute atomic E-state index is 0.144. The van der Waals surface area contributed by atoms with Crippen LogP contribution in [0.4, 0.5) is 0 Å². The molecule has 0 spiro atoms. The molecule has 110 valence electrons. The summed E-state index contributed by atoms with van der Waals surface area (Å²) in [5.74, 6) is -0.115. The van der Waals surface area contributed by atoms with Crippen molar-refractivity contribution in [2.45, 2.75) is 26.3 Å². The highest BCUT2D eigenvalue weighted by molar-refractivity contribution is 6.00. The number of fused-ring (bicyclic) bond motifs is 1. The molecule has 1 aromatic carbocycles. The Balaban J connectivity index is 1.98. The van der Waals surface area contributed by atoms with Crippen LogP contribution in [0.15, 0.2) is 28.7 Å². The lowest BCUT2D eigenvalue weighted by atomic mass is 9.98. The third kappa shape index (κ3) is 2.18. The van der Waals surface area contributed by atoms with Gasteiger partial charge in [-0.05, 0) is 39.0 Å². The SMILES string of the molecule is Cc1ccc2oc(C(=O)N3CCNC(=O)C3(C)C)cc2c1. The van der Waals surface area contributed by atoms with Crippen LogP contribution in [0, 0.1) is 6.92 Å². The molecule has 5 heteroatoms. The Bertz CT molecular complexity index is 730. The number of aryl methyl sites for hydroxylation is 1. The Morgan fingerprint density at radius 1 is 1.33 bits per heavy atom. The number of furan rings is 1. The van der Waals surface area contributed by atoms with Crippen LogP contribution in [0.25, 0.3) is 11.0 Å². The maximum Gasteiger partial charge on any atom is 0.290 e. The van der Waals surface area contributed by atoms with Gasteiger partial charge in [0.1, 0.15) is 11.1 Å². The summed E-state index contributed by atoms with van der Waals surface area (Å²) < 4.78 is 5.64. The third-order valence-corrected chi connectivity index (χ3v) is 3.98. The summed E-state index contributed by atoms with van der Waals surface area (Å²) in [6, 6.07) is 7.52. The number of rotatable bonds is 1. The van der Waals surface area contributed by atoms with Crippen molar-refractivity contribution in [2.75, 3.05) is 13.1 Å². The largest absolute Gasteiger partial charge is 0.451 e. The molecule has 3 rings (SSSR count). The van der Waals surface area contributed by atoms with Crippen molar-refractivity contribution in [3.63, 3.8) is 0 Å². The molecule has 5 nitrogen and oxygen atoms in total. The third-order valence-electron chi connectivity index (χ3n) is 3.98. The summed E-state index contributed by atoms with van der Waals surface area (Å²) in [4.78, 5) is 26.2. The molecular formula is C16H18N2O3. The summed E-state index contributed by atoms with van der Waals surface area (Å²) in [5.41, 5.74) is 0.924. The average Bonchev–Trinajstić information content (AvgIpc) is 2.84. The van der Waals surface area contributed by atoms with Gasteiger partial charge in [0.2, 0.25) is 5.91 Å². The second-order valence-corrected chi connectivity index (χ2v) is 5.92. The van der Waals surface area contributed by atoms with Crippen molar-refractivity contribution < 1.29 is 14.0 Å². The summed E-state index contributed by atoms with van der Waals surface area (Å²) in [5, 5.41) is 3.68. The molecule has 0 radical (unpaired) electrons. The monoisotopic (exact) mass is 286 g/mol. The first-order valence-electron chi connectivity index (χ1n) is 7.00. The summed E-state index contributed by atoms with van der Waals surface area (Å²) in [6.07, 6.45) is 0. The first kappa shape index (κ1) is 13.7. The highest BCUT2D eigenvalue weighted by Crippen LogP contribution is 2.25.